The number of aromatic nitrogens is 2. The SMILES string of the molecule is COc1ccc(C(=O)NCc2ccccc2-c2ccc(Cn3cccn3)cc2)c(F)c1. The van der Waals surface area contributed by atoms with E-state index in [2.05, 4.69) is 34.7 Å². The number of hydrogen-bond donors (Lipinski definition) is 1. The van der Waals surface area contributed by atoms with E-state index in [4.69, 9.17) is 4.74 Å². The number of carbonyl (C=O) groups excluding carboxylic acids is 1. The Morgan fingerprint density at radius 1 is 1.06 bits per heavy atom. The number of amides is 1. The average molecular weight is 415 g/mol. The summed E-state index contributed by atoms with van der Waals surface area (Å²) in [5.74, 6) is -0.710. The number of nitrogens with zero attached hydrogens (tertiary/aromatic N) is 2. The molecule has 0 unspecified atom stereocenters. The lowest BCUT2D eigenvalue weighted by atomic mass is 9.98. The smallest absolute Gasteiger partial charge is 0.254 e. The second-order valence-electron chi connectivity index (χ2n) is 7.09. The number of methoxy groups -OCH3 is 1. The summed E-state index contributed by atoms with van der Waals surface area (Å²) in [7, 11) is 1.45. The summed E-state index contributed by atoms with van der Waals surface area (Å²) in [6.45, 7) is 0.994. The van der Waals surface area contributed by atoms with Gasteiger partial charge in [0.25, 0.3) is 5.91 Å². The van der Waals surface area contributed by atoms with E-state index < -0.39 is 11.7 Å². The highest BCUT2D eigenvalue weighted by molar-refractivity contribution is 5.94. The summed E-state index contributed by atoms with van der Waals surface area (Å²) in [4.78, 5) is 12.5. The molecular weight excluding hydrogens is 393 g/mol. The molecule has 156 valence electrons. The standard InChI is InChI=1S/C25H22FN3O2/c1-31-21-11-12-23(24(26)15-21)25(30)27-16-20-5-2-3-6-22(20)19-9-7-18(8-10-19)17-29-14-4-13-28-29/h2-15H,16-17H2,1H3,(H,27,30). The van der Waals surface area contributed by atoms with Gasteiger partial charge in [-0.1, -0.05) is 48.5 Å². The van der Waals surface area contributed by atoms with Crippen molar-refractivity contribution in [3.8, 4) is 16.9 Å². The predicted octanol–water partition coefficient (Wildman–Crippen LogP) is 4.68. The molecule has 1 N–H and O–H groups in total. The predicted molar refractivity (Wildman–Crippen MR) is 117 cm³/mol. The summed E-state index contributed by atoms with van der Waals surface area (Å²) in [5.41, 5.74) is 4.15. The minimum absolute atomic E-state index is 0.0127. The molecule has 3 aromatic carbocycles. The number of halogens is 1. The molecule has 0 aliphatic rings. The third kappa shape index (κ3) is 4.80. The molecule has 0 spiro atoms. The van der Waals surface area contributed by atoms with Crippen molar-refractivity contribution in [1.29, 1.82) is 0 Å². The molecule has 0 saturated heterocycles. The van der Waals surface area contributed by atoms with Crippen molar-refractivity contribution < 1.29 is 13.9 Å². The first-order valence-corrected chi connectivity index (χ1v) is 9.90. The molecule has 0 aliphatic heterocycles. The van der Waals surface area contributed by atoms with Crippen LogP contribution >= 0.6 is 0 Å². The van der Waals surface area contributed by atoms with Crippen molar-refractivity contribution in [2.24, 2.45) is 0 Å². The van der Waals surface area contributed by atoms with Gasteiger partial charge in [-0.05, 0) is 40.5 Å². The van der Waals surface area contributed by atoms with Gasteiger partial charge in [0, 0.05) is 25.0 Å². The summed E-state index contributed by atoms with van der Waals surface area (Å²) in [6.07, 6.45) is 3.69. The highest BCUT2D eigenvalue weighted by Crippen LogP contribution is 2.24. The molecule has 5 nitrogen and oxygen atoms in total. The van der Waals surface area contributed by atoms with Crippen molar-refractivity contribution >= 4 is 5.91 Å². The molecule has 0 saturated carbocycles. The molecular formula is C25H22FN3O2. The quantitative estimate of drug-likeness (QED) is 0.477. The maximum absolute atomic E-state index is 14.2. The van der Waals surface area contributed by atoms with Gasteiger partial charge in [-0.15, -0.1) is 0 Å². The Kier molecular flexibility index (Phi) is 6.08. The zero-order valence-electron chi connectivity index (χ0n) is 17.1. The van der Waals surface area contributed by atoms with Crippen LogP contribution < -0.4 is 10.1 Å². The number of hydrogen-bond acceptors (Lipinski definition) is 3. The fraction of sp³-hybridized carbons (Fsp3) is 0.120. The van der Waals surface area contributed by atoms with Crippen LogP contribution in [0.25, 0.3) is 11.1 Å². The third-order valence-electron chi connectivity index (χ3n) is 5.05. The summed E-state index contributed by atoms with van der Waals surface area (Å²) < 4.78 is 21.0. The molecule has 1 aromatic heterocycles. The topological polar surface area (TPSA) is 56.1 Å². The van der Waals surface area contributed by atoms with E-state index in [9.17, 15) is 9.18 Å². The fourth-order valence-corrected chi connectivity index (χ4v) is 3.40. The molecule has 0 aliphatic carbocycles. The van der Waals surface area contributed by atoms with Gasteiger partial charge in [0.1, 0.15) is 11.6 Å². The van der Waals surface area contributed by atoms with E-state index in [-0.39, 0.29) is 12.1 Å². The molecule has 0 bridgehead atoms. The maximum Gasteiger partial charge on any atom is 0.254 e. The highest BCUT2D eigenvalue weighted by Gasteiger charge is 2.13. The number of nitrogens with one attached hydrogen (secondary N) is 1. The highest BCUT2D eigenvalue weighted by atomic mass is 19.1. The largest absolute Gasteiger partial charge is 0.497 e. The monoisotopic (exact) mass is 415 g/mol. The zero-order valence-corrected chi connectivity index (χ0v) is 17.1. The molecule has 31 heavy (non-hydrogen) atoms. The fourth-order valence-electron chi connectivity index (χ4n) is 3.40. The third-order valence-corrected chi connectivity index (χ3v) is 5.05. The zero-order chi connectivity index (χ0) is 21.6. The van der Waals surface area contributed by atoms with E-state index >= 15 is 0 Å². The Morgan fingerprint density at radius 3 is 2.58 bits per heavy atom. The maximum atomic E-state index is 14.2. The molecule has 1 heterocycles. The van der Waals surface area contributed by atoms with E-state index in [1.807, 2.05) is 41.2 Å². The summed E-state index contributed by atoms with van der Waals surface area (Å²) in [6, 6.07) is 22.2. The van der Waals surface area contributed by atoms with Crippen LogP contribution in [0.5, 0.6) is 5.75 Å². The van der Waals surface area contributed by atoms with Gasteiger partial charge in [0.15, 0.2) is 0 Å². The van der Waals surface area contributed by atoms with Gasteiger partial charge in [-0.3, -0.25) is 9.48 Å². The van der Waals surface area contributed by atoms with Gasteiger partial charge in [0.2, 0.25) is 0 Å². The molecule has 1 amide bonds. The average Bonchev–Trinajstić information content (AvgIpc) is 3.31. The van der Waals surface area contributed by atoms with E-state index in [0.717, 1.165) is 22.3 Å². The minimum Gasteiger partial charge on any atom is -0.497 e. The Balaban J connectivity index is 1.48. The van der Waals surface area contributed by atoms with Gasteiger partial charge >= 0.3 is 0 Å². The Labute approximate surface area is 180 Å². The van der Waals surface area contributed by atoms with E-state index in [0.29, 0.717) is 12.3 Å². The first kappa shape index (κ1) is 20.3. The van der Waals surface area contributed by atoms with E-state index in [1.165, 1.54) is 19.2 Å². The van der Waals surface area contributed by atoms with Crippen LogP contribution in [0.3, 0.4) is 0 Å². The first-order chi connectivity index (χ1) is 15.1. The second kappa shape index (κ2) is 9.26. The normalized spacial score (nSPS) is 10.6. The van der Waals surface area contributed by atoms with Crippen LogP contribution in [0.2, 0.25) is 0 Å². The van der Waals surface area contributed by atoms with Crippen LogP contribution in [-0.4, -0.2) is 22.8 Å². The Bertz CT molecular complexity index is 1170. The van der Waals surface area contributed by atoms with Gasteiger partial charge in [-0.25, -0.2) is 4.39 Å². The van der Waals surface area contributed by atoms with Crippen LogP contribution in [0.1, 0.15) is 21.5 Å². The van der Waals surface area contributed by atoms with Gasteiger partial charge in [0.05, 0.1) is 19.2 Å². The number of ether oxygens (including phenoxy) is 1. The summed E-state index contributed by atoms with van der Waals surface area (Å²) >= 11 is 0. The molecule has 0 atom stereocenters. The van der Waals surface area contributed by atoms with Crippen LogP contribution in [0.4, 0.5) is 4.39 Å². The van der Waals surface area contributed by atoms with E-state index in [1.54, 1.807) is 12.3 Å². The Morgan fingerprint density at radius 2 is 1.87 bits per heavy atom. The van der Waals surface area contributed by atoms with Crippen molar-refractivity contribution in [2.75, 3.05) is 7.11 Å². The first-order valence-electron chi connectivity index (χ1n) is 9.90. The summed E-state index contributed by atoms with van der Waals surface area (Å²) in [5, 5.41) is 7.04. The number of benzene rings is 3. The Hall–Kier alpha value is -3.93. The van der Waals surface area contributed by atoms with Gasteiger partial charge < -0.3 is 10.1 Å². The molecule has 0 radical (unpaired) electrons. The van der Waals surface area contributed by atoms with Gasteiger partial charge in [-0.2, -0.15) is 5.10 Å². The molecule has 4 rings (SSSR count). The molecule has 4 aromatic rings. The van der Waals surface area contributed by atoms with Crippen LogP contribution in [-0.2, 0) is 13.1 Å². The van der Waals surface area contributed by atoms with Crippen LogP contribution in [0, 0.1) is 5.82 Å². The lowest BCUT2D eigenvalue weighted by Gasteiger charge is -2.12. The van der Waals surface area contributed by atoms with Crippen molar-refractivity contribution in [1.82, 2.24) is 15.1 Å². The molecule has 6 heteroatoms. The van der Waals surface area contributed by atoms with Crippen LogP contribution in [0.15, 0.2) is 85.2 Å². The van der Waals surface area contributed by atoms with Crippen molar-refractivity contribution in [2.45, 2.75) is 13.1 Å². The van der Waals surface area contributed by atoms with Crippen molar-refractivity contribution in [3.63, 3.8) is 0 Å². The minimum atomic E-state index is -0.613. The lowest BCUT2D eigenvalue weighted by molar-refractivity contribution is 0.0947. The lowest BCUT2D eigenvalue weighted by Crippen LogP contribution is -2.24. The molecule has 0 fully saturated rings. The van der Waals surface area contributed by atoms with Crippen molar-refractivity contribution in [3.05, 3.63) is 108 Å². The number of carbonyl (C=O) groups is 1. The second-order valence-corrected chi connectivity index (χ2v) is 7.09. The number of rotatable bonds is 7.